The lowest BCUT2D eigenvalue weighted by atomic mass is 9.89. The predicted octanol–water partition coefficient (Wildman–Crippen LogP) is 2.21. The summed E-state index contributed by atoms with van der Waals surface area (Å²) in [5, 5.41) is 6.87. The van der Waals surface area contributed by atoms with Gasteiger partial charge in [0.05, 0.1) is 0 Å². The summed E-state index contributed by atoms with van der Waals surface area (Å²) in [6.45, 7) is 2.22. The Labute approximate surface area is 110 Å². The number of carbonyl (C=O) groups is 1. The molecule has 0 spiro atoms. The summed E-state index contributed by atoms with van der Waals surface area (Å²) in [6, 6.07) is 1.92. The van der Waals surface area contributed by atoms with Crippen molar-refractivity contribution in [3.05, 3.63) is 0 Å². The Hall–Kier alpha value is -0.570. The second kappa shape index (κ2) is 5.20. The Kier molecular flexibility index (Phi) is 3.60. The summed E-state index contributed by atoms with van der Waals surface area (Å²) in [4.78, 5) is 12.0. The molecule has 0 radical (unpaired) electrons. The van der Waals surface area contributed by atoms with Gasteiger partial charge in [0.25, 0.3) is 0 Å². The van der Waals surface area contributed by atoms with E-state index in [1.807, 2.05) is 0 Å². The van der Waals surface area contributed by atoms with Gasteiger partial charge in [0.2, 0.25) is 5.91 Å². The molecule has 18 heavy (non-hydrogen) atoms. The lowest BCUT2D eigenvalue weighted by Gasteiger charge is -2.28. The van der Waals surface area contributed by atoms with Crippen LogP contribution in [0.3, 0.4) is 0 Å². The van der Waals surface area contributed by atoms with Gasteiger partial charge in [-0.05, 0) is 50.4 Å². The molecule has 4 atom stereocenters. The van der Waals surface area contributed by atoms with Crippen LogP contribution >= 0.6 is 0 Å². The van der Waals surface area contributed by atoms with E-state index in [1.54, 1.807) is 0 Å². The summed E-state index contributed by atoms with van der Waals surface area (Å²) in [5.74, 6) is 1.72. The Bertz CT molecular complexity index is 306. The van der Waals surface area contributed by atoms with Crippen molar-refractivity contribution in [2.75, 3.05) is 0 Å². The molecule has 3 fully saturated rings. The predicted molar refractivity (Wildman–Crippen MR) is 72.2 cm³/mol. The van der Waals surface area contributed by atoms with Crippen LogP contribution in [0.15, 0.2) is 0 Å². The highest BCUT2D eigenvalue weighted by molar-refractivity contribution is 5.77. The molecule has 3 nitrogen and oxygen atoms in total. The molecule has 3 rings (SSSR count). The van der Waals surface area contributed by atoms with E-state index in [2.05, 4.69) is 17.6 Å². The number of hydrogen-bond acceptors (Lipinski definition) is 2. The Morgan fingerprint density at radius 3 is 2.61 bits per heavy atom. The van der Waals surface area contributed by atoms with E-state index in [1.165, 1.54) is 44.9 Å². The third kappa shape index (κ3) is 2.87. The third-order valence-corrected chi connectivity index (χ3v) is 4.97. The highest BCUT2D eigenvalue weighted by atomic mass is 16.1. The summed E-state index contributed by atoms with van der Waals surface area (Å²) < 4.78 is 0. The molecule has 4 unspecified atom stereocenters. The fraction of sp³-hybridized carbons (Fsp3) is 0.933. The third-order valence-electron chi connectivity index (χ3n) is 4.97. The molecule has 2 bridgehead atoms. The molecule has 1 amide bonds. The number of fused-ring (bicyclic) bond motifs is 2. The highest BCUT2D eigenvalue weighted by Gasteiger charge is 2.38. The van der Waals surface area contributed by atoms with Crippen molar-refractivity contribution in [2.45, 2.75) is 76.4 Å². The SMILES string of the molecule is CCCC1CC1NC(=O)CC1CC2CCC(C1)N2. The first-order valence-electron chi connectivity index (χ1n) is 7.80. The first-order valence-corrected chi connectivity index (χ1v) is 7.80. The van der Waals surface area contributed by atoms with E-state index in [4.69, 9.17) is 0 Å². The maximum Gasteiger partial charge on any atom is 0.220 e. The fourth-order valence-electron chi connectivity index (χ4n) is 3.98. The van der Waals surface area contributed by atoms with Gasteiger partial charge in [0, 0.05) is 24.5 Å². The van der Waals surface area contributed by atoms with Crippen LogP contribution in [-0.4, -0.2) is 24.0 Å². The molecule has 2 aliphatic heterocycles. The van der Waals surface area contributed by atoms with Gasteiger partial charge >= 0.3 is 0 Å². The topological polar surface area (TPSA) is 41.1 Å². The Balaban J connectivity index is 1.39. The second-order valence-corrected chi connectivity index (χ2v) is 6.64. The van der Waals surface area contributed by atoms with Gasteiger partial charge in [-0.1, -0.05) is 13.3 Å². The van der Waals surface area contributed by atoms with Crippen molar-refractivity contribution in [3.63, 3.8) is 0 Å². The second-order valence-electron chi connectivity index (χ2n) is 6.64. The first-order chi connectivity index (χ1) is 8.74. The van der Waals surface area contributed by atoms with Gasteiger partial charge in [-0.2, -0.15) is 0 Å². The van der Waals surface area contributed by atoms with Gasteiger partial charge in [0.15, 0.2) is 0 Å². The van der Waals surface area contributed by atoms with Gasteiger partial charge in [-0.15, -0.1) is 0 Å². The number of amides is 1. The lowest BCUT2D eigenvalue weighted by Crippen LogP contribution is -2.40. The molecular weight excluding hydrogens is 224 g/mol. The number of piperidine rings is 1. The molecule has 3 heteroatoms. The highest BCUT2D eigenvalue weighted by Crippen LogP contribution is 2.36. The zero-order chi connectivity index (χ0) is 12.5. The van der Waals surface area contributed by atoms with Crippen molar-refractivity contribution in [1.29, 1.82) is 0 Å². The molecule has 2 saturated heterocycles. The average Bonchev–Trinajstić information content (AvgIpc) is 2.95. The van der Waals surface area contributed by atoms with Gasteiger partial charge in [-0.3, -0.25) is 4.79 Å². The zero-order valence-corrected chi connectivity index (χ0v) is 11.5. The normalized spacial score (nSPS) is 41.7. The van der Waals surface area contributed by atoms with E-state index in [0.717, 1.165) is 12.3 Å². The van der Waals surface area contributed by atoms with Crippen molar-refractivity contribution >= 4 is 5.91 Å². The molecule has 2 heterocycles. The molecule has 0 aromatic heterocycles. The molecule has 0 aromatic rings. The van der Waals surface area contributed by atoms with Crippen LogP contribution in [0.5, 0.6) is 0 Å². The minimum atomic E-state index is 0.310. The van der Waals surface area contributed by atoms with E-state index in [9.17, 15) is 4.79 Å². The number of hydrogen-bond donors (Lipinski definition) is 2. The molecule has 0 aromatic carbocycles. The summed E-state index contributed by atoms with van der Waals surface area (Å²) >= 11 is 0. The average molecular weight is 250 g/mol. The molecule has 1 saturated carbocycles. The van der Waals surface area contributed by atoms with Crippen LogP contribution in [0.25, 0.3) is 0 Å². The van der Waals surface area contributed by atoms with Crippen LogP contribution in [0, 0.1) is 11.8 Å². The standard InChI is InChI=1S/C15H26N2O/c1-2-3-11-9-14(11)17-15(18)8-10-6-12-4-5-13(7-10)16-12/h10-14,16H,2-9H2,1H3,(H,17,18). The van der Waals surface area contributed by atoms with Crippen molar-refractivity contribution in [3.8, 4) is 0 Å². The molecular formula is C15H26N2O. The van der Waals surface area contributed by atoms with Gasteiger partial charge in [-0.25, -0.2) is 0 Å². The largest absolute Gasteiger partial charge is 0.353 e. The van der Waals surface area contributed by atoms with Gasteiger partial charge in [0.1, 0.15) is 0 Å². The van der Waals surface area contributed by atoms with Crippen LogP contribution in [0.2, 0.25) is 0 Å². The first kappa shape index (κ1) is 12.5. The van der Waals surface area contributed by atoms with Crippen LogP contribution in [-0.2, 0) is 4.79 Å². The Morgan fingerprint density at radius 1 is 1.22 bits per heavy atom. The molecule has 3 aliphatic rings. The van der Waals surface area contributed by atoms with Crippen LogP contribution in [0.1, 0.15) is 58.3 Å². The van der Waals surface area contributed by atoms with Crippen LogP contribution in [0.4, 0.5) is 0 Å². The smallest absolute Gasteiger partial charge is 0.220 e. The Morgan fingerprint density at radius 2 is 1.94 bits per heavy atom. The van der Waals surface area contributed by atoms with E-state index < -0.39 is 0 Å². The van der Waals surface area contributed by atoms with E-state index >= 15 is 0 Å². The summed E-state index contributed by atoms with van der Waals surface area (Å²) in [5.41, 5.74) is 0. The van der Waals surface area contributed by atoms with Crippen molar-refractivity contribution in [2.24, 2.45) is 11.8 Å². The monoisotopic (exact) mass is 250 g/mol. The molecule has 2 N–H and O–H groups in total. The van der Waals surface area contributed by atoms with Crippen LogP contribution < -0.4 is 10.6 Å². The summed E-state index contributed by atoms with van der Waals surface area (Å²) in [7, 11) is 0. The minimum Gasteiger partial charge on any atom is -0.353 e. The fourth-order valence-corrected chi connectivity index (χ4v) is 3.98. The molecule has 1 aliphatic carbocycles. The number of carbonyl (C=O) groups excluding carboxylic acids is 1. The van der Waals surface area contributed by atoms with Crippen molar-refractivity contribution < 1.29 is 4.79 Å². The minimum absolute atomic E-state index is 0.310. The molecule has 102 valence electrons. The van der Waals surface area contributed by atoms with E-state index in [0.29, 0.717) is 30.0 Å². The summed E-state index contributed by atoms with van der Waals surface area (Å²) in [6.07, 6.45) is 9.59. The number of rotatable bonds is 5. The number of nitrogens with one attached hydrogen (secondary N) is 2. The van der Waals surface area contributed by atoms with Gasteiger partial charge < -0.3 is 10.6 Å². The zero-order valence-electron chi connectivity index (χ0n) is 11.5. The maximum absolute atomic E-state index is 12.0. The quantitative estimate of drug-likeness (QED) is 0.785. The lowest BCUT2D eigenvalue weighted by molar-refractivity contribution is -0.122. The van der Waals surface area contributed by atoms with Crippen molar-refractivity contribution in [1.82, 2.24) is 10.6 Å². The maximum atomic E-state index is 12.0. The van der Waals surface area contributed by atoms with E-state index in [-0.39, 0.29) is 0 Å².